The van der Waals surface area contributed by atoms with Gasteiger partial charge in [0, 0.05) is 11.4 Å². The average Bonchev–Trinajstić information content (AvgIpc) is 2.96. The molecule has 5 nitrogen and oxygen atoms in total. The molecular formula is C12H16ClN3O2S3. The van der Waals surface area contributed by atoms with Crippen LogP contribution in [0.25, 0.3) is 0 Å². The molecule has 0 aliphatic rings. The number of sulfone groups is 1. The van der Waals surface area contributed by atoms with Gasteiger partial charge in [-0.1, -0.05) is 18.5 Å². The minimum Gasteiger partial charge on any atom is -0.382 e. The molecule has 116 valence electrons. The van der Waals surface area contributed by atoms with Crippen molar-refractivity contribution in [1.29, 1.82) is 0 Å². The zero-order valence-electron chi connectivity index (χ0n) is 11.4. The van der Waals surface area contributed by atoms with Gasteiger partial charge in [-0.25, -0.2) is 8.42 Å². The normalized spacial score (nSPS) is 11.7. The summed E-state index contributed by atoms with van der Waals surface area (Å²) in [5, 5.41) is 3.63. The van der Waals surface area contributed by atoms with E-state index in [-0.39, 0.29) is 16.5 Å². The van der Waals surface area contributed by atoms with E-state index in [4.69, 9.17) is 17.3 Å². The molecule has 3 N–H and O–H groups in total. The maximum Gasteiger partial charge on any atom is 0.185 e. The van der Waals surface area contributed by atoms with E-state index < -0.39 is 9.84 Å². The Morgan fingerprint density at radius 2 is 2.19 bits per heavy atom. The van der Waals surface area contributed by atoms with Crippen molar-refractivity contribution in [2.75, 3.05) is 23.3 Å². The summed E-state index contributed by atoms with van der Waals surface area (Å²) in [5.41, 5.74) is 5.71. The Labute approximate surface area is 137 Å². The molecule has 2 aromatic rings. The average molecular weight is 366 g/mol. The minimum atomic E-state index is -3.38. The number of rotatable bonds is 7. The first-order valence-corrected chi connectivity index (χ1v) is 10.0. The van der Waals surface area contributed by atoms with Crippen LogP contribution in [0.15, 0.2) is 17.0 Å². The Balaban J connectivity index is 2.07. The van der Waals surface area contributed by atoms with Crippen molar-refractivity contribution in [3.05, 3.63) is 21.3 Å². The number of thiophene rings is 1. The molecule has 2 heterocycles. The molecule has 0 saturated carbocycles. The highest BCUT2D eigenvalue weighted by Gasteiger charge is 2.24. The first-order valence-electron chi connectivity index (χ1n) is 6.40. The first-order chi connectivity index (χ1) is 9.94. The molecule has 0 atom stereocenters. The number of halogens is 1. The molecule has 0 fully saturated rings. The van der Waals surface area contributed by atoms with Gasteiger partial charge in [-0.2, -0.15) is 4.37 Å². The number of hydrogen-bond acceptors (Lipinski definition) is 7. The van der Waals surface area contributed by atoms with Crippen LogP contribution in [0, 0.1) is 0 Å². The van der Waals surface area contributed by atoms with Gasteiger partial charge in [-0.15, -0.1) is 11.3 Å². The first kappa shape index (κ1) is 16.5. The number of aromatic nitrogens is 1. The lowest BCUT2D eigenvalue weighted by atomic mass is 10.3. The third kappa shape index (κ3) is 4.09. The third-order valence-electron chi connectivity index (χ3n) is 2.74. The highest BCUT2D eigenvalue weighted by Crippen LogP contribution is 2.32. The topological polar surface area (TPSA) is 85.1 Å². The highest BCUT2D eigenvalue weighted by atomic mass is 35.5. The molecule has 2 rings (SSSR count). The van der Waals surface area contributed by atoms with Gasteiger partial charge in [0.15, 0.2) is 15.7 Å². The van der Waals surface area contributed by atoms with E-state index in [0.29, 0.717) is 18.0 Å². The van der Waals surface area contributed by atoms with Crippen molar-refractivity contribution in [2.45, 2.75) is 24.7 Å². The summed E-state index contributed by atoms with van der Waals surface area (Å²) in [6, 6.07) is 3.81. The van der Waals surface area contributed by atoms with E-state index in [1.165, 1.54) is 11.3 Å². The van der Waals surface area contributed by atoms with Gasteiger partial charge in [0.2, 0.25) is 0 Å². The molecule has 0 spiro atoms. The molecule has 2 aromatic heterocycles. The minimum absolute atomic E-state index is 0.0742. The van der Waals surface area contributed by atoms with Crippen molar-refractivity contribution in [2.24, 2.45) is 0 Å². The molecule has 21 heavy (non-hydrogen) atoms. The van der Waals surface area contributed by atoms with Gasteiger partial charge in [-0.05, 0) is 36.5 Å². The Hall–Kier alpha value is -0.830. The Kier molecular flexibility index (Phi) is 5.48. The van der Waals surface area contributed by atoms with E-state index in [9.17, 15) is 8.42 Å². The number of anilines is 2. The lowest BCUT2D eigenvalue weighted by Gasteiger charge is -2.07. The van der Waals surface area contributed by atoms with Crippen molar-refractivity contribution < 1.29 is 8.42 Å². The molecule has 0 saturated heterocycles. The number of nitrogens with two attached hydrogens (primary N) is 1. The van der Waals surface area contributed by atoms with Crippen LogP contribution in [0.1, 0.15) is 18.2 Å². The maximum atomic E-state index is 12.2. The maximum absolute atomic E-state index is 12.2. The van der Waals surface area contributed by atoms with Gasteiger partial charge in [-0.3, -0.25) is 0 Å². The molecule has 9 heteroatoms. The van der Waals surface area contributed by atoms with Crippen molar-refractivity contribution in [3.8, 4) is 0 Å². The van der Waals surface area contributed by atoms with E-state index >= 15 is 0 Å². The lowest BCUT2D eigenvalue weighted by molar-refractivity contribution is 0.595. The van der Waals surface area contributed by atoms with Gasteiger partial charge in [0.05, 0.1) is 10.1 Å². The molecule has 0 bridgehead atoms. The van der Waals surface area contributed by atoms with E-state index in [1.54, 1.807) is 0 Å². The number of nitrogen functional groups attached to an aromatic ring is 1. The van der Waals surface area contributed by atoms with Crippen LogP contribution < -0.4 is 11.1 Å². The summed E-state index contributed by atoms with van der Waals surface area (Å²) in [6.07, 6.45) is 1.31. The standard InChI is InChI=1S/C12H16ClN3O2S3/c1-2-7-21(17,18)10-11(14)16-20-12(10)15-6-5-8-3-4-9(13)19-8/h3-4,15H,2,5-7H2,1H3,(H2,14,16). The van der Waals surface area contributed by atoms with E-state index in [0.717, 1.165) is 27.2 Å². The van der Waals surface area contributed by atoms with Crippen molar-refractivity contribution in [1.82, 2.24) is 4.37 Å². The summed E-state index contributed by atoms with van der Waals surface area (Å²) in [4.78, 5) is 1.28. The smallest absolute Gasteiger partial charge is 0.185 e. The predicted octanol–water partition coefficient (Wildman–Crippen LogP) is 3.28. The highest BCUT2D eigenvalue weighted by molar-refractivity contribution is 7.91. The monoisotopic (exact) mass is 365 g/mol. The zero-order valence-corrected chi connectivity index (χ0v) is 14.6. The summed E-state index contributed by atoms with van der Waals surface area (Å²) >= 11 is 8.47. The van der Waals surface area contributed by atoms with E-state index in [1.807, 2.05) is 19.1 Å². The van der Waals surface area contributed by atoms with Crippen LogP contribution in [0.2, 0.25) is 4.34 Å². The zero-order chi connectivity index (χ0) is 15.5. The molecule has 0 aromatic carbocycles. The second kappa shape index (κ2) is 6.95. The van der Waals surface area contributed by atoms with Gasteiger partial charge in [0.1, 0.15) is 9.90 Å². The number of hydrogen-bond donors (Lipinski definition) is 2. The van der Waals surface area contributed by atoms with Crippen molar-refractivity contribution >= 4 is 55.1 Å². The number of nitrogens with one attached hydrogen (secondary N) is 1. The summed E-state index contributed by atoms with van der Waals surface area (Å²) in [5.74, 6) is 0.153. The van der Waals surface area contributed by atoms with Crippen LogP contribution in [0.4, 0.5) is 10.8 Å². The fraction of sp³-hybridized carbons (Fsp3) is 0.417. The molecule has 0 radical (unpaired) electrons. The third-order valence-corrected chi connectivity index (χ3v) is 6.96. The van der Waals surface area contributed by atoms with Crippen molar-refractivity contribution in [3.63, 3.8) is 0 Å². The Bertz CT molecular complexity index is 709. The predicted molar refractivity (Wildman–Crippen MR) is 90.4 cm³/mol. The summed E-state index contributed by atoms with van der Waals surface area (Å²) in [7, 11) is -3.38. The SMILES string of the molecule is CCCS(=O)(=O)c1c(N)nsc1NCCc1ccc(Cl)s1. The van der Waals surface area contributed by atoms with Crippen LogP contribution in [0.3, 0.4) is 0 Å². The fourth-order valence-electron chi connectivity index (χ4n) is 1.86. The molecule has 0 unspecified atom stereocenters. The Morgan fingerprint density at radius 1 is 1.43 bits per heavy atom. The number of nitrogens with zero attached hydrogens (tertiary/aromatic N) is 1. The summed E-state index contributed by atoms with van der Waals surface area (Å²) in [6.45, 7) is 2.42. The van der Waals surface area contributed by atoms with Crippen LogP contribution in [0.5, 0.6) is 0 Å². The largest absolute Gasteiger partial charge is 0.382 e. The van der Waals surface area contributed by atoms with E-state index in [2.05, 4.69) is 9.69 Å². The molecule has 0 amide bonds. The van der Waals surface area contributed by atoms with Gasteiger partial charge in [0.25, 0.3) is 0 Å². The molecule has 0 aliphatic carbocycles. The summed E-state index contributed by atoms with van der Waals surface area (Å²) < 4.78 is 29.1. The fourth-order valence-corrected chi connectivity index (χ4v) is 5.60. The van der Waals surface area contributed by atoms with Crippen LogP contribution >= 0.6 is 34.5 Å². The quantitative estimate of drug-likeness (QED) is 0.786. The molecule has 0 aliphatic heterocycles. The molecular weight excluding hydrogens is 350 g/mol. The Morgan fingerprint density at radius 3 is 2.81 bits per heavy atom. The van der Waals surface area contributed by atoms with Crippen LogP contribution in [-0.2, 0) is 16.3 Å². The van der Waals surface area contributed by atoms with Crippen LogP contribution in [-0.4, -0.2) is 25.1 Å². The second-order valence-electron chi connectivity index (χ2n) is 4.43. The second-order valence-corrected chi connectivity index (χ2v) is 9.05. The van der Waals surface area contributed by atoms with Gasteiger partial charge < -0.3 is 11.1 Å². The van der Waals surface area contributed by atoms with Gasteiger partial charge >= 0.3 is 0 Å². The lowest BCUT2D eigenvalue weighted by Crippen LogP contribution is -2.11.